The summed E-state index contributed by atoms with van der Waals surface area (Å²) in [7, 11) is -0.551. The highest BCUT2D eigenvalue weighted by atomic mass is 16.7. The number of hydrogen-bond donors (Lipinski definition) is 1. The first-order chi connectivity index (χ1) is 9.30. The maximum absolute atomic E-state index is 9.07. The zero-order valence-corrected chi connectivity index (χ0v) is 12.3. The lowest BCUT2D eigenvalue weighted by Crippen LogP contribution is -2.41. The molecule has 1 aliphatic heterocycles. The average molecular weight is 274 g/mol. The second-order valence-electron chi connectivity index (χ2n) is 5.94. The van der Waals surface area contributed by atoms with Gasteiger partial charge < -0.3 is 14.4 Å². The van der Waals surface area contributed by atoms with Crippen molar-refractivity contribution in [3.8, 4) is 6.07 Å². The van der Waals surface area contributed by atoms with E-state index in [0.717, 1.165) is 5.56 Å². The Labute approximate surface area is 119 Å². The van der Waals surface area contributed by atoms with E-state index in [2.05, 4.69) is 11.1 Å². The lowest BCUT2D eigenvalue weighted by molar-refractivity contribution is 0.00578. The van der Waals surface area contributed by atoms with Crippen molar-refractivity contribution in [1.82, 2.24) is 4.98 Å². The van der Waals surface area contributed by atoms with E-state index < -0.39 is 18.3 Å². The normalized spacial score (nSPS) is 19.9. The number of aliphatic hydroxyl groups is 1. The van der Waals surface area contributed by atoms with Gasteiger partial charge in [0.15, 0.2) is 0 Å². The topological polar surface area (TPSA) is 75.4 Å². The van der Waals surface area contributed by atoms with Crippen LogP contribution in [-0.2, 0) is 15.7 Å². The summed E-state index contributed by atoms with van der Waals surface area (Å²) >= 11 is 0. The van der Waals surface area contributed by atoms with Crippen LogP contribution in [-0.4, -0.2) is 35.0 Å². The van der Waals surface area contributed by atoms with Crippen LogP contribution in [0.1, 0.15) is 38.8 Å². The largest absolute Gasteiger partial charge is 0.514 e. The molecule has 0 aromatic carbocycles. The Kier molecular flexibility index (Phi) is 3.87. The summed E-state index contributed by atoms with van der Waals surface area (Å²) in [5.41, 5.74) is 1.01. The molecule has 0 aliphatic carbocycles. The third kappa shape index (κ3) is 2.57. The van der Waals surface area contributed by atoms with Gasteiger partial charge in [0.1, 0.15) is 6.07 Å². The first-order valence-corrected chi connectivity index (χ1v) is 6.66. The predicted octanol–water partition coefficient (Wildman–Crippen LogP) is 0.787. The van der Waals surface area contributed by atoms with Crippen LogP contribution in [0.25, 0.3) is 0 Å². The summed E-state index contributed by atoms with van der Waals surface area (Å²) in [4.78, 5) is 4.25. The lowest BCUT2D eigenvalue weighted by atomic mass is 9.82. The average Bonchev–Trinajstić information content (AvgIpc) is 2.59. The van der Waals surface area contributed by atoms with Gasteiger partial charge in [-0.3, -0.25) is 4.98 Å². The van der Waals surface area contributed by atoms with Crippen LogP contribution in [0.15, 0.2) is 12.3 Å². The van der Waals surface area contributed by atoms with E-state index in [9.17, 15) is 0 Å². The molecule has 0 atom stereocenters. The Balaban J connectivity index is 2.32. The molecule has 1 saturated heterocycles. The van der Waals surface area contributed by atoms with Gasteiger partial charge in [0, 0.05) is 12.8 Å². The van der Waals surface area contributed by atoms with Crippen molar-refractivity contribution < 1.29 is 14.4 Å². The van der Waals surface area contributed by atoms with Crippen molar-refractivity contribution in [2.45, 2.75) is 45.3 Å². The van der Waals surface area contributed by atoms with Gasteiger partial charge in [-0.15, -0.1) is 0 Å². The Hall–Kier alpha value is -1.42. The third-order valence-corrected chi connectivity index (χ3v) is 4.01. The molecular weight excluding hydrogens is 255 g/mol. The Morgan fingerprint density at radius 3 is 2.40 bits per heavy atom. The standard InChI is InChI=1S/C14H19BN2O3/c1-13(2)14(3,4)20-15(19-13)12-7-10(5-6-18)11(8-16)9-17-12/h7,9,18H,5-6H2,1-4H3. The number of rotatable bonds is 3. The van der Waals surface area contributed by atoms with Crippen molar-refractivity contribution >= 4 is 12.7 Å². The lowest BCUT2D eigenvalue weighted by Gasteiger charge is -2.32. The minimum atomic E-state index is -0.551. The van der Waals surface area contributed by atoms with E-state index >= 15 is 0 Å². The molecule has 0 unspecified atom stereocenters. The highest BCUT2D eigenvalue weighted by molar-refractivity contribution is 6.61. The Morgan fingerprint density at radius 1 is 1.30 bits per heavy atom. The minimum Gasteiger partial charge on any atom is -0.398 e. The van der Waals surface area contributed by atoms with Crippen molar-refractivity contribution in [2.24, 2.45) is 0 Å². The number of aliphatic hydroxyl groups excluding tert-OH is 1. The van der Waals surface area contributed by atoms with Gasteiger partial charge in [-0.1, -0.05) is 0 Å². The molecule has 2 heterocycles. The summed E-state index contributed by atoms with van der Waals surface area (Å²) in [6.07, 6.45) is 1.92. The van der Waals surface area contributed by atoms with Gasteiger partial charge in [0.2, 0.25) is 0 Å². The van der Waals surface area contributed by atoms with E-state index in [4.69, 9.17) is 19.7 Å². The van der Waals surface area contributed by atoms with Crippen LogP contribution in [0.4, 0.5) is 0 Å². The first-order valence-electron chi connectivity index (χ1n) is 6.66. The second kappa shape index (κ2) is 5.17. The minimum absolute atomic E-state index is 0.0124. The molecule has 0 spiro atoms. The Morgan fingerprint density at radius 2 is 1.90 bits per heavy atom. The third-order valence-electron chi connectivity index (χ3n) is 4.01. The molecule has 0 bridgehead atoms. The maximum atomic E-state index is 9.07. The molecule has 5 nitrogen and oxygen atoms in total. The van der Waals surface area contributed by atoms with Crippen molar-refractivity contribution in [2.75, 3.05) is 6.61 Å². The van der Waals surface area contributed by atoms with E-state index in [1.54, 1.807) is 6.07 Å². The molecule has 1 aromatic rings. The van der Waals surface area contributed by atoms with Gasteiger partial charge in [-0.05, 0) is 45.7 Å². The zero-order valence-electron chi connectivity index (χ0n) is 12.3. The SMILES string of the molecule is CC1(C)OB(c2cc(CCO)c(C#N)cn2)OC1(C)C. The molecule has 2 rings (SSSR count). The molecule has 1 aliphatic rings. The van der Waals surface area contributed by atoms with E-state index in [1.807, 2.05) is 27.7 Å². The van der Waals surface area contributed by atoms with Crippen LogP contribution >= 0.6 is 0 Å². The molecule has 1 fully saturated rings. The molecule has 0 amide bonds. The van der Waals surface area contributed by atoms with E-state index in [1.165, 1.54) is 6.20 Å². The summed E-state index contributed by atoms with van der Waals surface area (Å²) in [5.74, 6) is 0. The molecule has 6 heteroatoms. The fraction of sp³-hybridized carbons (Fsp3) is 0.571. The monoisotopic (exact) mass is 274 g/mol. The van der Waals surface area contributed by atoms with Gasteiger partial charge in [-0.25, -0.2) is 0 Å². The van der Waals surface area contributed by atoms with Crippen LogP contribution in [0.3, 0.4) is 0 Å². The predicted molar refractivity (Wildman–Crippen MR) is 75.5 cm³/mol. The van der Waals surface area contributed by atoms with Gasteiger partial charge in [0.05, 0.1) is 22.4 Å². The summed E-state index contributed by atoms with van der Waals surface area (Å²) in [5, 5.41) is 18.1. The maximum Gasteiger partial charge on any atom is 0.514 e. The molecule has 1 aromatic heterocycles. The van der Waals surface area contributed by atoms with Crippen molar-refractivity contribution in [3.05, 3.63) is 23.4 Å². The molecule has 20 heavy (non-hydrogen) atoms. The van der Waals surface area contributed by atoms with Crippen molar-refractivity contribution in [3.63, 3.8) is 0 Å². The molecule has 1 N–H and O–H groups in total. The molecule has 106 valence electrons. The smallest absolute Gasteiger partial charge is 0.398 e. The number of aromatic nitrogens is 1. The number of hydrogen-bond acceptors (Lipinski definition) is 5. The molecule has 0 radical (unpaired) electrons. The number of nitrogens with zero attached hydrogens (tertiary/aromatic N) is 2. The quantitative estimate of drug-likeness (QED) is 0.825. The van der Waals surface area contributed by atoms with Gasteiger partial charge in [0.25, 0.3) is 0 Å². The first kappa shape index (κ1) is 15.0. The van der Waals surface area contributed by atoms with E-state index in [0.29, 0.717) is 17.6 Å². The van der Waals surface area contributed by atoms with Crippen LogP contribution < -0.4 is 5.59 Å². The highest BCUT2D eigenvalue weighted by Crippen LogP contribution is 2.36. The van der Waals surface area contributed by atoms with Crippen LogP contribution in [0, 0.1) is 11.3 Å². The fourth-order valence-corrected chi connectivity index (χ4v) is 2.04. The number of pyridine rings is 1. The molecule has 0 saturated carbocycles. The van der Waals surface area contributed by atoms with E-state index in [-0.39, 0.29) is 6.61 Å². The zero-order chi connectivity index (χ0) is 15.0. The van der Waals surface area contributed by atoms with Gasteiger partial charge >= 0.3 is 7.12 Å². The van der Waals surface area contributed by atoms with Crippen LogP contribution in [0.5, 0.6) is 0 Å². The summed E-state index contributed by atoms with van der Waals surface area (Å²) in [6, 6.07) is 3.85. The van der Waals surface area contributed by atoms with Gasteiger partial charge in [-0.2, -0.15) is 5.26 Å². The summed E-state index contributed by atoms with van der Waals surface area (Å²) in [6.45, 7) is 7.90. The van der Waals surface area contributed by atoms with Crippen LogP contribution in [0.2, 0.25) is 0 Å². The number of nitriles is 1. The second-order valence-corrected chi connectivity index (χ2v) is 5.94. The molecular formula is C14H19BN2O3. The Bertz CT molecular complexity index is 536. The summed E-state index contributed by atoms with van der Waals surface area (Å²) < 4.78 is 11.9. The fourth-order valence-electron chi connectivity index (χ4n) is 2.04. The van der Waals surface area contributed by atoms with Crippen molar-refractivity contribution in [1.29, 1.82) is 5.26 Å². The highest BCUT2D eigenvalue weighted by Gasteiger charge is 2.52.